The number of rotatable bonds is 14. The Morgan fingerprint density at radius 1 is 1.04 bits per heavy atom. The summed E-state index contributed by atoms with van der Waals surface area (Å²) in [5.41, 5.74) is 0. The third-order valence-corrected chi connectivity index (χ3v) is 5.98. The topological polar surface area (TPSA) is 40.5 Å². The van der Waals surface area contributed by atoms with Crippen LogP contribution in [-0.4, -0.2) is 22.4 Å². The molecule has 0 aromatic carbocycles. The molecule has 2 nitrogen and oxygen atoms in total. The zero-order chi connectivity index (χ0) is 17.6. The molecule has 0 aromatic rings. The monoisotopic (exact) mass is 358 g/mol. The third-order valence-electron chi connectivity index (χ3n) is 5.54. The van der Waals surface area contributed by atoms with Crippen LogP contribution in [0, 0.1) is 17.8 Å². The first-order chi connectivity index (χ1) is 11.7. The van der Waals surface area contributed by atoms with E-state index in [2.05, 4.69) is 19.1 Å². The summed E-state index contributed by atoms with van der Waals surface area (Å²) in [6.07, 6.45) is 19.3. The van der Waals surface area contributed by atoms with E-state index in [1.165, 1.54) is 57.8 Å². The number of aliphatic hydroxyl groups excluding tert-OH is 1. The summed E-state index contributed by atoms with van der Waals surface area (Å²) in [7, 11) is 0. The Bertz CT molecular complexity index is 317. The van der Waals surface area contributed by atoms with Crippen LogP contribution >= 0.6 is 11.6 Å². The minimum Gasteiger partial charge on any atom is -0.368 e. The first-order valence-electron chi connectivity index (χ1n) is 10.3. The zero-order valence-electron chi connectivity index (χ0n) is 15.6. The second kappa shape index (κ2) is 14.2. The molecule has 0 unspecified atom stereocenters. The lowest BCUT2D eigenvalue weighted by Crippen LogP contribution is -2.06. The summed E-state index contributed by atoms with van der Waals surface area (Å²) in [6.45, 7) is 2.25. The van der Waals surface area contributed by atoms with Gasteiger partial charge in [-0.1, -0.05) is 57.6 Å². The van der Waals surface area contributed by atoms with Crippen molar-refractivity contribution in [3.63, 3.8) is 0 Å². The van der Waals surface area contributed by atoms with Crippen molar-refractivity contribution >= 4 is 11.6 Å². The van der Waals surface area contributed by atoms with Gasteiger partial charge in [0.1, 0.15) is 0 Å². The van der Waals surface area contributed by atoms with Gasteiger partial charge in [0.05, 0.1) is 0 Å². The molecule has 2 N–H and O–H groups in total. The predicted molar refractivity (Wildman–Crippen MR) is 104 cm³/mol. The van der Waals surface area contributed by atoms with Crippen LogP contribution in [0.2, 0.25) is 0 Å². The van der Waals surface area contributed by atoms with Crippen LogP contribution in [0.3, 0.4) is 0 Å². The lowest BCUT2D eigenvalue weighted by atomic mass is 9.89. The lowest BCUT2D eigenvalue weighted by Gasteiger charge is -2.17. The quantitative estimate of drug-likeness (QED) is 0.172. The minimum atomic E-state index is -1.12. The molecule has 0 radical (unpaired) electrons. The van der Waals surface area contributed by atoms with Crippen molar-refractivity contribution in [1.82, 2.24) is 0 Å². The second-order valence-electron chi connectivity index (χ2n) is 7.65. The van der Waals surface area contributed by atoms with Crippen molar-refractivity contribution in [2.75, 3.05) is 5.88 Å². The van der Waals surface area contributed by atoms with E-state index in [0.717, 1.165) is 37.0 Å². The number of alkyl halides is 1. The summed E-state index contributed by atoms with van der Waals surface area (Å²) in [6, 6.07) is 0. The molecule has 1 saturated carbocycles. The second-order valence-corrected chi connectivity index (χ2v) is 7.96. The van der Waals surface area contributed by atoms with Crippen molar-refractivity contribution in [2.45, 2.75) is 96.7 Å². The van der Waals surface area contributed by atoms with Gasteiger partial charge in [-0.25, -0.2) is 0 Å². The summed E-state index contributed by atoms with van der Waals surface area (Å²) in [5.74, 6) is 3.10. The molecular weight excluding hydrogens is 320 g/mol. The van der Waals surface area contributed by atoms with Gasteiger partial charge in [0, 0.05) is 5.88 Å². The van der Waals surface area contributed by atoms with Gasteiger partial charge in [-0.3, -0.25) is 0 Å². The van der Waals surface area contributed by atoms with Gasteiger partial charge in [0.2, 0.25) is 0 Å². The van der Waals surface area contributed by atoms with Crippen molar-refractivity contribution in [3.8, 4) is 0 Å². The van der Waals surface area contributed by atoms with E-state index >= 15 is 0 Å². The average Bonchev–Trinajstić information content (AvgIpc) is 3.01. The number of unbranched alkanes of at least 4 members (excludes halogenated alkanes) is 4. The minimum absolute atomic E-state index is 0.522. The molecule has 3 heteroatoms. The first-order valence-corrected chi connectivity index (χ1v) is 10.8. The van der Waals surface area contributed by atoms with Gasteiger partial charge >= 0.3 is 0 Å². The number of halogens is 1. The molecule has 3 atom stereocenters. The van der Waals surface area contributed by atoms with Crippen molar-refractivity contribution < 1.29 is 10.2 Å². The molecule has 1 aliphatic carbocycles. The molecule has 1 rings (SSSR count). The van der Waals surface area contributed by atoms with E-state index < -0.39 is 6.29 Å². The molecule has 0 aromatic heterocycles. The smallest absolute Gasteiger partial charge is 0.151 e. The summed E-state index contributed by atoms with van der Waals surface area (Å²) >= 11 is 6.09. The summed E-state index contributed by atoms with van der Waals surface area (Å²) < 4.78 is 0. The van der Waals surface area contributed by atoms with Crippen molar-refractivity contribution in [3.05, 3.63) is 12.2 Å². The van der Waals surface area contributed by atoms with Gasteiger partial charge in [0.15, 0.2) is 6.29 Å². The summed E-state index contributed by atoms with van der Waals surface area (Å²) in [4.78, 5) is 0. The van der Waals surface area contributed by atoms with Gasteiger partial charge < -0.3 is 10.2 Å². The SMILES string of the molecule is CCCC[C@@H](CCl)CC=C[C@H]1CCC[C@@H]1CCCCCCC(O)O. The maximum atomic E-state index is 8.84. The highest BCUT2D eigenvalue weighted by molar-refractivity contribution is 6.18. The van der Waals surface area contributed by atoms with Crippen LogP contribution in [0.25, 0.3) is 0 Å². The molecule has 1 aliphatic rings. The molecular formula is C21H39ClO2. The average molecular weight is 359 g/mol. The molecule has 1 fully saturated rings. The zero-order valence-corrected chi connectivity index (χ0v) is 16.4. The van der Waals surface area contributed by atoms with Gasteiger partial charge in [-0.05, 0) is 62.7 Å². The maximum Gasteiger partial charge on any atom is 0.151 e. The molecule has 0 amide bonds. The summed E-state index contributed by atoms with van der Waals surface area (Å²) in [5, 5.41) is 17.7. The van der Waals surface area contributed by atoms with Gasteiger partial charge in [0.25, 0.3) is 0 Å². The van der Waals surface area contributed by atoms with Crippen LogP contribution in [0.4, 0.5) is 0 Å². The fourth-order valence-corrected chi connectivity index (χ4v) is 4.24. The van der Waals surface area contributed by atoms with E-state index in [9.17, 15) is 0 Å². The normalized spacial score (nSPS) is 22.7. The Balaban J connectivity index is 2.18. The molecule has 0 bridgehead atoms. The Labute approximate surface area is 154 Å². The van der Waals surface area contributed by atoms with E-state index in [0.29, 0.717) is 12.3 Å². The largest absolute Gasteiger partial charge is 0.368 e. The highest BCUT2D eigenvalue weighted by Gasteiger charge is 2.24. The van der Waals surface area contributed by atoms with Crippen LogP contribution < -0.4 is 0 Å². The molecule has 0 saturated heterocycles. The number of hydrogen-bond donors (Lipinski definition) is 2. The molecule has 24 heavy (non-hydrogen) atoms. The van der Waals surface area contributed by atoms with Gasteiger partial charge in [-0.2, -0.15) is 0 Å². The number of aliphatic hydroxyl groups is 2. The fraction of sp³-hybridized carbons (Fsp3) is 0.905. The van der Waals surface area contributed by atoms with Gasteiger partial charge in [-0.15, -0.1) is 11.6 Å². The number of hydrogen-bond acceptors (Lipinski definition) is 2. The Morgan fingerprint density at radius 3 is 2.54 bits per heavy atom. The van der Waals surface area contributed by atoms with E-state index in [1.807, 2.05) is 0 Å². The van der Waals surface area contributed by atoms with Crippen molar-refractivity contribution in [1.29, 1.82) is 0 Å². The van der Waals surface area contributed by atoms with Crippen LogP contribution in [0.15, 0.2) is 12.2 Å². The predicted octanol–water partition coefficient (Wildman–Crippen LogP) is 6.05. The van der Waals surface area contributed by atoms with Crippen LogP contribution in [0.1, 0.15) is 90.4 Å². The third kappa shape index (κ3) is 10.1. The Morgan fingerprint density at radius 2 is 1.83 bits per heavy atom. The highest BCUT2D eigenvalue weighted by atomic mass is 35.5. The highest BCUT2D eigenvalue weighted by Crippen LogP contribution is 2.36. The van der Waals surface area contributed by atoms with E-state index in [1.54, 1.807) is 0 Å². The van der Waals surface area contributed by atoms with Crippen LogP contribution in [0.5, 0.6) is 0 Å². The van der Waals surface area contributed by atoms with E-state index in [4.69, 9.17) is 21.8 Å². The fourth-order valence-electron chi connectivity index (χ4n) is 3.96. The molecule has 142 valence electrons. The number of allylic oxidation sites excluding steroid dienone is 2. The molecule has 0 heterocycles. The van der Waals surface area contributed by atoms with Crippen LogP contribution in [-0.2, 0) is 0 Å². The lowest BCUT2D eigenvalue weighted by molar-refractivity contribution is -0.0466. The molecule has 0 aliphatic heterocycles. The first kappa shape index (κ1) is 22.0. The molecule has 0 spiro atoms. The Kier molecular flexibility index (Phi) is 13.0. The standard InChI is InChI=1S/C21H39ClO2/c1-2-3-10-18(17-22)11-8-13-20-15-9-14-19(20)12-6-4-5-7-16-21(23)24/h8,13,18-21,23-24H,2-7,9-12,14-17H2,1H3/t18-,19+,20+/m1/s1. The van der Waals surface area contributed by atoms with E-state index in [-0.39, 0.29) is 0 Å². The Hall–Kier alpha value is -0.0500. The van der Waals surface area contributed by atoms with Crippen molar-refractivity contribution in [2.24, 2.45) is 17.8 Å². The maximum absolute atomic E-state index is 8.84.